The zero-order valence-electron chi connectivity index (χ0n) is 29.7. The Morgan fingerprint density at radius 2 is 1.63 bits per heavy atom. The van der Waals surface area contributed by atoms with Crippen LogP contribution in [0.5, 0.6) is 5.75 Å². The molecule has 3 aromatic rings. The molecule has 1 saturated carbocycles. The normalized spacial score (nSPS) is 19.2. The number of amides is 2. The standard InChI is InChI=1S/C40H45Cl4N3O4/c1-24-10-11-25(2)36(26(24)3)50-19-18-27-12-14-28(15-13-27)32-20-31-21-45-22-34(47(31)38(49)51-39(4,5)40(42,43)44)35(32)37(48)46(30-16-17-30)23-29-8-6-7-9-33(29)41/h6-15,30-31,34,45H,16-23H2,1-5H3. The number of rotatable bonds is 10. The molecule has 272 valence electrons. The number of carbonyl (C=O) groups excluding carboxylic acids is 2. The summed E-state index contributed by atoms with van der Waals surface area (Å²) < 4.78 is 10.3. The molecule has 2 aliphatic heterocycles. The smallest absolute Gasteiger partial charge is 0.411 e. The molecule has 7 nitrogen and oxygen atoms in total. The highest BCUT2D eigenvalue weighted by molar-refractivity contribution is 6.68. The first-order valence-corrected chi connectivity index (χ1v) is 19.0. The fraction of sp³-hybridized carbons (Fsp3) is 0.450. The second-order valence-corrected chi connectivity index (χ2v) is 17.1. The maximum atomic E-state index is 15.0. The first kappa shape index (κ1) is 37.8. The zero-order chi connectivity index (χ0) is 36.7. The molecular formula is C40H45Cl4N3O4. The molecule has 1 saturated heterocycles. The van der Waals surface area contributed by atoms with E-state index in [1.54, 1.807) is 18.7 Å². The molecular weight excluding hydrogens is 728 g/mol. The highest BCUT2D eigenvalue weighted by Gasteiger charge is 2.50. The lowest BCUT2D eigenvalue weighted by Crippen LogP contribution is -2.64. The number of fused-ring (bicyclic) bond motifs is 2. The van der Waals surface area contributed by atoms with Crippen LogP contribution in [-0.4, -0.2) is 69.0 Å². The third-order valence-electron chi connectivity index (χ3n) is 10.4. The van der Waals surface area contributed by atoms with E-state index in [2.05, 4.69) is 62.5 Å². The van der Waals surface area contributed by atoms with Crippen LogP contribution in [0, 0.1) is 20.8 Å². The molecule has 2 unspecified atom stereocenters. The Morgan fingerprint density at radius 1 is 0.941 bits per heavy atom. The molecule has 2 bridgehead atoms. The van der Waals surface area contributed by atoms with Crippen LogP contribution >= 0.6 is 46.4 Å². The number of alkyl halides is 3. The van der Waals surface area contributed by atoms with Gasteiger partial charge < -0.3 is 19.7 Å². The number of aryl methyl sites for hydroxylation is 2. The number of hydrogen-bond donors (Lipinski definition) is 1. The fourth-order valence-corrected chi connectivity index (χ4v) is 7.27. The van der Waals surface area contributed by atoms with E-state index in [0.29, 0.717) is 43.3 Å². The molecule has 11 heteroatoms. The predicted octanol–water partition coefficient (Wildman–Crippen LogP) is 9.16. The topological polar surface area (TPSA) is 71.1 Å². The first-order chi connectivity index (χ1) is 24.2. The lowest BCUT2D eigenvalue weighted by molar-refractivity contribution is -0.129. The van der Waals surface area contributed by atoms with Crippen molar-refractivity contribution in [3.8, 4) is 5.75 Å². The average Bonchev–Trinajstić information content (AvgIpc) is 3.92. The quantitative estimate of drug-likeness (QED) is 0.208. The maximum absolute atomic E-state index is 15.0. The summed E-state index contributed by atoms with van der Waals surface area (Å²) in [6.45, 7) is 11.2. The monoisotopic (exact) mass is 771 g/mol. The van der Waals surface area contributed by atoms with Crippen molar-refractivity contribution in [2.75, 3.05) is 19.7 Å². The Kier molecular flexibility index (Phi) is 11.3. The van der Waals surface area contributed by atoms with Crippen molar-refractivity contribution in [3.05, 3.63) is 105 Å². The van der Waals surface area contributed by atoms with E-state index in [4.69, 9.17) is 55.9 Å². The van der Waals surface area contributed by atoms with Crippen LogP contribution in [0.3, 0.4) is 0 Å². The molecule has 2 amide bonds. The highest BCUT2D eigenvalue weighted by atomic mass is 35.6. The number of carbonyl (C=O) groups is 2. The van der Waals surface area contributed by atoms with Crippen LogP contribution in [0.25, 0.3) is 5.57 Å². The Labute approximate surface area is 321 Å². The second-order valence-electron chi connectivity index (χ2n) is 14.4. The minimum Gasteiger partial charge on any atom is -0.493 e. The van der Waals surface area contributed by atoms with Gasteiger partial charge in [0.15, 0.2) is 5.60 Å². The number of halogens is 4. The fourth-order valence-electron chi connectivity index (χ4n) is 6.96. The van der Waals surface area contributed by atoms with E-state index in [9.17, 15) is 9.59 Å². The molecule has 2 atom stereocenters. The Hall–Kier alpha value is -2.94. The number of hydrogen-bond acceptors (Lipinski definition) is 5. The van der Waals surface area contributed by atoms with Gasteiger partial charge >= 0.3 is 6.09 Å². The van der Waals surface area contributed by atoms with Crippen molar-refractivity contribution < 1.29 is 19.1 Å². The van der Waals surface area contributed by atoms with Crippen molar-refractivity contribution in [2.45, 2.75) is 94.4 Å². The number of benzene rings is 3. The lowest BCUT2D eigenvalue weighted by Gasteiger charge is -2.48. The molecule has 2 heterocycles. The van der Waals surface area contributed by atoms with E-state index < -0.39 is 21.5 Å². The molecule has 2 fully saturated rings. The Morgan fingerprint density at radius 3 is 2.29 bits per heavy atom. The number of nitrogens with one attached hydrogen (secondary N) is 1. The molecule has 0 spiro atoms. The number of piperazine rings is 1. The lowest BCUT2D eigenvalue weighted by atomic mass is 9.81. The molecule has 51 heavy (non-hydrogen) atoms. The van der Waals surface area contributed by atoms with Crippen molar-refractivity contribution in [1.29, 1.82) is 0 Å². The molecule has 1 aliphatic carbocycles. The van der Waals surface area contributed by atoms with Gasteiger partial charge in [-0.25, -0.2) is 4.79 Å². The summed E-state index contributed by atoms with van der Waals surface area (Å²) in [6.07, 6.45) is 2.38. The van der Waals surface area contributed by atoms with Crippen LogP contribution in [0.15, 0.2) is 66.2 Å². The first-order valence-electron chi connectivity index (χ1n) is 17.5. The third kappa shape index (κ3) is 8.18. The summed E-state index contributed by atoms with van der Waals surface area (Å²) >= 11 is 25.2. The van der Waals surface area contributed by atoms with Gasteiger partial charge in [0.25, 0.3) is 5.91 Å². The summed E-state index contributed by atoms with van der Waals surface area (Å²) in [5.41, 5.74) is 6.54. The van der Waals surface area contributed by atoms with Crippen molar-refractivity contribution in [2.24, 2.45) is 0 Å². The number of nitrogens with zero attached hydrogens (tertiary/aromatic N) is 2. The highest BCUT2D eigenvalue weighted by Crippen LogP contribution is 2.44. The minimum absolute atomic E-state index is 0.0866. The van der Waals surface area contributed by atoms with Gasteiger partial charge in [-0.1, -0.05) is 101 Å². The maximum Gasteiger partial charge on any atom is 0.411 e. The molecule has 1 N–H and O–H groups in total. The van der Waals surface area contributed by atoms with E-state index in [1.807, 2.05) is 29.2 Å². The molecule has 3 aromatic carbocycles. The van der Waals surface area contributed by atoms with Crippen LogP contribution in [-0.2, 0) is 22.5 Å². The number of ether oxygens (including phenoxy) is 2. The third-order valence-corrected chi connectivity index (χ3v) is 12.1. The molecule has 6 rings (SSSR count). The minimum atomic E-state index is -1.85. The Balaban J connectivity index is 1.33. The van der Waals surface area contributed by atoms with Gasteiger partial charge in [-0.05, 0) is 98.9 Å². The van der Waals surface area contributed by atoms with E-state index in [1.165, 1.54) is 5.56 Å². The van der Waals surface area contributed by atoms with Gasteiger partial charge in [0, 0.05) is 42.7 Å². The second kappa shape index (κ2) is 15.2. The van der Waals surface area contributed by atoms with Gasteiger partial charge in [0.2, 0.25) is 3.79 Å². The van der Waals surface area contributed by atoms with Crippen molar-refractivity contribution in [3.63, 3.8) is 0 Å². The largest absolute Gasteiger partial charge is 0.493 e. The van der Waals surface area contributed by atoms with Crippen LogP contribution < -0.4 is 10.1 Å². The van der Waals surface area contributed by atoms with E-state index in [-0.39, 0.29) is 18.0 Å². The van der Waals surface area contributed by atoms with Crippen molar-refractivity contribution >= 4 is 64.0 Å². The van der Waals surface area contributed by atoms with E-state index >= 15 is 0 Å². The van der Waals surface area contributed by atoms with Crippen LogP contribution in [0.4, 0.5) is 4.79 Å². The summed E-state index contributed by atoms with van der Waals surface area (Å²) in [6, 6.07) is 19.4. The van der Waals surface area contributed by atoms with Gasteiger partial charge in [0.05, 0.1) is 18.7 Å². The van der Waals surface area contributed by atoms with Crippen LogP contribution in [0.1, 0.15) is 66.5 Å². The summed E-state index contributed by atoms with van der Waals surface area (Å²) in [5.74, 6) is 0.832. The average molecular weight is 774 g/mol. The zero-order valence-corrected chi connectivity index (χ0v) is 32.7. The van der Waals surface area contributed by atoms with Gasteiger partial charge in [0.1, 0.15) is 5.75 Å². The molecule has 3 aliphatic rings. The van der Waals surface area contributed by atoms with E-state index in [0.717, 1.165) is 58.4 Å². The molecule has 0 aromatic heterocycles. The van der Waals surface area contributed by atoms with Gasteiger partial charge in [-0.3, -0.25) is 9.69 Å². The van der Waals surface area contributed by atoms with Gasteiger partial charge in [-0.15, -0.1) is 0 Å². The predicted molar refractivity (Wildman–Crippen MR) is 206 cm³/mol. The summed E-state index contributed by atoms with van der Waals surface area (Å²) in [7, 11) is 0. The Bertz CT molecular complexity index is 1820. The SMILES string of the molecule is Cc1ccc(C)c(OCCc2ccc(C3=C(C(=O)N(Cc4ccccc4Cl)C4CC4)C4CNCC(C3)N4C(=O)OC(C)(C)C(Cl)(Cl)Cl)cc2)c1C. The van der Waals surface area contributed by atoms with Crippen molar-refractivity contribution in [1.82, 2.24) is 15.1 Å². The van der Waals surface area contributed by atoms with Crippen LogP contribution in [0.2, 0.25) is 5.02 Å². The van der Waals surface area contributed by atoms with Gasteiger partial charge in [-0.2, -0.15) is 0 Å². The summed E-state index contributed by atoms with van der Waals surface area (Å²) in [5, 5.41) is 4.06. The summed E-state index contributed by atoms with van der Waals surface area (Å²) in [4.78, 5) is 32.5. The molecule has 0 radical (unpaired) electrons.